The minimum absolute atomic E-state index is 0.0465. The predicted octanol–water partition coefficient (Wildman–Crippen LogP) is 4.29. The number of aromatic nitrogens is 1. The second-order valence-electron chi connectivity index (χ2n) is 7.62. The van der Waals surface area contributed by atoms with Crippen molar-refractivity contribution in [2.75, 3.05) is 12.4 Å². The molecule has 1 aromatic heterocycles. The van der Waals surface area contributed by atoms with Crippen molar-refractivity contribution in [1.29, 1.82) is 0 Å². The molecule has 162 valence electrons. The molecule has 0 bridgehead atoms. The molecule has 3 amide bonds. The van der Waals surface area contributed by atoms with Crippen LogP contribution in [0.5, 0.6) is 5.75 Å². The zero-order valence-corrected chi connectivity index (χ0v) is 17.7. The molecular weight excluding hydrogens is 418 g/mol. The number of hydrogen-bond acceptors (Lipinski definition) is 5. The van der Waals surface area contributed by atoms with Crippen LogP contribution in [0.15, 0.2) is 78.9 Å². The van der Waals surface area contributed by atoms with E-state index in [0.717, 1.165) is 10.9 Å². The van der Waals surface area contributed by atoms with Crippen molar-refractivity contribution in [2.24, 2.45) is 0 Å². The monoisotopic (exact) mass is 437 g/mol. The molecule has 0 saturated heterocycles. The molecule has 1 N–H and O–H groups in total. The number of nitrogens with one attached hydrogen (secondary N) is 1. The first kappa shape index (κ1) is 20.4. The molecule has 0 spiro atoms. The molecule has 2 heterocycles. The standard InChI is InChI=1S/C26H19N3O4/c1-33-22-12-10-16(15-29-25(31)18-7-3-4-8-19(18)26(29)32)14-20(22)24(30)28-23-13-11-17-6-2-5-9-21(17)27-23/h2-14H,15H2,1H3,(H,27,28,30). The summed E-state index contributed by atoms with van der Waals surface area (Å²) >= 11 is 0. The number of nitrogens with zero attached hydrogens (tertiary/aromatic N) is 2. The number of pyridine rings is 1. The third-order valence-corrected chi connectivity index (χ3v) is 5.57. The first-order chi connectivity index (χ1) is 16.0. The highest BCUT2D eigenvalue weighted by Crippen LogP contribution is 2.27. The van der Waals surface area contributed by atoms with Crippen molar-refractivity contribution in [3.8, 4) is 5.75 Å². The maximum Gasteiger partial charge on any atom is 0.261 e. The van der Waals surface area contributed by atoms with Crippen molar-refractivity contribution in [3.05, 3.63) is 101 Å². The van der Waals surface area contributed by atoms with Crippen LogP contribution in [0.1, 0.15) is 36.6 Å². The highest BCUT2D eigenvalue weighted by molar-refractivity contribution is 6.21. The lowest BCUT2D eigenvalue weighted by Gasteiger charge is -2.16. The van der Waals surface area contributed by atoms with Gasteiger partial charge in [0.05, 0.1) is 35.9 Å². The Kier molecular flexibility index (Phi) is 5.06. The molecule has 3 aromatic carbocycles. The highest BCUT2D eigenvalue weighted by Gasteiger charge is 2.35. The van der Waals surface area contributed by atoms with Crippen molar-refractivity contribution < 1.29 is 19.1 Å². The summed E-state index contributed by atoms with van der Waals surface area (Å²) in [6.45, 7) is 0.0465. The largest absolute Gasteiger partial charge is 0.496 e. The Morgan fingerprint density at radius 1 is 0.909 bits per heavy atom. The van der Waals surface area contributed by atoms with Gasteiger partial charge in [0.2, 0.25) is 0 Å². The van der Waals surface area contributed by atoms with Gasteiger partial charge in [-0.15, -0.1) is 0 Å². The van der Waals surface area contributed by atoms with E-state index in [1.54, 1.807) is 48.5 Å². The summed E-state index contributed by atoms with van der Waals surface area (Å²) in [5, 5.41) is 3.77. The fourth-order valence-electron chi connectivity index (χ4n) is 3.92. The third kappa shape index (κ3) is 3.70. The molecule has 7 nitrogen and oxygen atoms in total. The number of carbonyl (C=O) groups excluding carboxylic acids is 3. The van der Waals surface area contributed by atoms with Crippen LogP contribution in [0.3, 0.4) is 0 Å². The van der Waals surface area contributed by atoms with E-state index in [4.69, 9.17) is 4.74 Å². The number of imide groups is 1. The molecule has 4 aromatic rings. The second-order valence-corrected chi connectivity index (χ2v) is 7.62. The predicted molar refractivity (Wildman–Crippen MR) is 123 cm³/mol. The lowest BCUT2D eigenvalue weighted by atomic mass is 10.1. The Morgan fingerprint density at radius 3 is 2.33 bits per heavy atom. The summed E-state index contributed by atoms with van der Waals surface area (Å²) in [5.41, 5.74) is 2.44. The Hall–Kier alpha value is -4.52. The molecule has 0 radical (unpaired) electrons. The zero-order chi connectivity index (χ0) is 22.9. The van der Waals surface area contributed by atoms with E-state index in [1.165, 1.54) is 12.0 Å². The van der Waals surface area contributed by atoms with E-state index in [0.29, 0.717) is 28.3 Å². The van der Waals surface area contributed by atoms with E-state index in [2.05, 4.69) is 10.3 Å². The van der Waals surface area contributed by atoms with E-state index < -0.39 is 5.91 Å². The number of carbonyl (C=O) groups is 3. The molecule has 0 aliphatic carbocycles. The van der Waals surface area contributed by atoms with Crippen LogP contribution < -0.4 is 10.1 Å². The van der Waals surface area contributed by atoms with E-state index in [-0.39, 0.29) is 23.9 Å². The first-order valence-electron chi connectivity index (χ1n) is 10.3. The van der Waals surface area contributed by atoms with Crippen LogP contribution >= 0.6 is 0 Å². The summed E-state index contributed by atoms with van der Waals surface area (Å²) in [5.74, 6) is -0.319. The van der Waals surface area contributed by atoms with Crippen LogP contribution in [0.25, 0.3) is 10.9 Å². The maximum absolute atomic E-state index is 13.0. The van der Waals surface area contributed by atoms with Gasteiger partial charge in [0.15, 0.2) is 0 Å². The molecule has 0 saturated carbocycles. The number of para-hydroxylation sites is 1. The van der Waals surface area contributed by atoms with Gasteiger partial charge in [-0.2, -0.15) is 0 Å². The SMILES string of the molecule is COc1ccc(CN2C(=O)c3ccccc3C2=O)cc1C(=O)Nc1ccc2ccccc2n1. The molecule has 5 rings (SSSR count). The van der Waals surface area contributed by atoms with Crippen molar-refractivity contribution in [3.63, 3.8) is 0 Å². The minimum Gasteiger partial charge on any atom is -0.496 e. The number of anilines is 1. The normalized spacial score (nSPS) is 12.7. The molecule has 0 fully saturated rings. The minimum atomic E-state index is -0.404. The first-order valence-corrected chi connectivity index (χ1v) is 10.3. The summed E-state index contributed by atoms with van der Waals surface area (Å²) in [6.07, 6.45) is 0. The topological polar surface area (TPSA) is 88.6 Å². The summed E-state index contributed by atoms with van der Waals surface area (Å²) in [7, 11) is 1.48. The van der Waals surface area contributed by atoms with Crippen LogP contribution in [0.4, 0.5) is 5.82 Å². The zero-order valence-electron chi connectivity index (χ0n) is 17.7. The number of fused-ring (bicyclic) bond motifs is 2. The van der Waals surface area contributed by atoms with Crippen molar-refractivity contribution >= 4 is 34.4 Å². The van der Waals surface area contributed by atoms with Gasteiger partial charge >= 0.3 is 0 Å². The van der Waals surface area contributed by atoms with Crippen LogP contribution in [0.2, 0.25) is 0 Å². The summed E-state index contributed by atoms with van der Waals surface area (Å²) in [6, 6.07) is 23.0. The van der Waals surface area contributed by atoms with Crippen molar-refractivity contribution in [1.82, 2.24) is 9.88 Å². The molecule has 33 heavy (non-hydrogen) atoms. The fourth-order valence-corrected chi connectivity index (χ4v) is 3.92. The van der Waals surface area contributed by atoms with E-state index >= 15 is 0 Å². The average molecular weight is 437 g/mol. The second kappa shape index (κ2) is 8.20. The third-order valence-electron chi connectivity index (χ3n) is 5.57. The number of ether oxygens (including phenoxy) is 1. The quantitative estimate of drug-likeness (QED) is 0.471. The molecular formula is C26H19N3O4. The van der Waals surface area contributed by atoms with Gasteiger partial charge in [-0.3, -0.25) is 19.3 Å². The summed E-state index contributed by atoms with van der Waals surface area (Å²) < 4.78 is 5.36. The fraction of sp³-hybridized carbons (Fsp3) is 0.0769. The Labute approximate surface area is 189 Å². The lowest BCUT2D eigenvalue weighted by Crippen LogP contribution is -2.29. The number of rotatable bonds is 5. The lowest BCUT2D eigenvalue weighted by molar-refractivity contribution is 0.0642. The van der Waals surface area contributed by atoms with Gasteiger partial charge in [0.1, 0.15) is 11.6 Å². The molecule has 0 atom stereocenters. The molecule has 1 aliphatic rings. The maximum atomic E-state index is 13.0. The van der Waals surface area contributed by atoms with Crippen LogP contribution in [0, 0.1) is 0 Å². The molecule has 1 aliphatic heterocycles. The van der Waals surface area contributed by atoms with Gasteiger partial charge < -0.3 is 10.1 Å². The average Bonchev–Trinajstić information content (AvgIpc) is 3.09. The summed E-state index contributed by atoms with van der Waals surface area (Å²) in [4.78, 5) is 44.1. The van der Waals surface area contributed by atoms with Crippen LogP contribution in [-0.4, -0.2) is 34.7 Å². The number of benzene rings is 3. The number of amides is 3. The van der Waals surface area contributed by atoms with Crippen molar-refractivity contribution in [2.45, 2.75) is 6.54 Å². The van der Waals surface area contributed by atoms with E-state index in [9.17, 15) is 14.4 Å². The Bertz CT molecular complexity index is 1400. The van der Waals surface area contributed by atoms with Gasteiger partial charge in [-0.25, -0.2) is 4.98 Å². The Morgan fingerprint density at radius 2 is 1.61 bits per heavy atom. The van der Waals surface area contributed by atoms with E-state index in [1.807, 2.05) is 30.3 Å². The number of methoxy groups -OCH3 is 1. The molecule has 0 unspecified atom stereocenters. The van der Waals surface area contributed by atoms with Gasteiger partial charge in [0, 0.05) is 5.39 Å². The smallest absolute Gasteiger partial charge is 0.261 e. The van der Waals surface area contributed by atoms with Gasteiger partial charge in [0.25, 0.3) is 17.7 Å². The number of hydrogen-bond donors (Lipinski definition) is 1. The Balaban J connectivity index is 1.40. The van der Waals surface area contributed by atoms with Crippen LogP contribution in [-0.2, 0) is 6.54 Å². The van der Waals surface area contributed by atoms with Gasteiger partial charge in [-0.05, 0) is 48.0 Å². The van der Waals surface area contributed by atoms with Gasteiger partial charge in [-0.1, -0.05) is 36.4 Å². The highest BCUT2D eigenvalue weighted by atomic mass is 16.5. The molecule has 7 heteroatoms.